The van der Waals surface area contributed by atoms with Crippen LogP contribution in [-0.4, -0.2) is 18.6 Å². The Morgan fingerprint density at radius 1 is 1.16 bits per heavy atom. The number of nitrogens with zero attached hydrogens (tertiary/aromatic N) is 2. The van der Waals surface area contributed by atoms with E-state index >= 15 is 0 Å². The number of anilines is 1. The Labute approximate surface area is 144 Å². The van der Waals surface area contributed by atoms with Crippen LogP contribution in [0.1, 0.15) is 11.5 Å². The third-order valence-electron chi connectivity index (χ3n) is 3.03. The highest BCUT2D eigenvalue weighted by atomic mass is 32.2. The van der Waals surface area contributed by atoms with Crippen LogP contribution in [0.4, 0.5) is 18.9 Å². The number of benzene rings is 1. The van der Waals surface area contributed by atoms with Gasteiger partial charge < -0.3 is 4.42 Å². The molecule has 0 fully saturated rings. The normalized spacial score (nSPS) is 12.3. The lowest BCUT2D eigenvalue weighted by atomic mass is 10.2. The van der Waals surface area contributed by atoms with Gasteiger partial charge in [0, 0.05) is 12.6 Å². The topological polar surface area (TPSA) is 85.1 Å². The Morgan fingerprint density at radius 2 is 1.92 bits per heavy atom. The zero-order chi connectivity index (χ0) is 18.2. The van der Waals surface area contributed by atoms with Crippen molar-refractivity contribution in [2.75, 3.05) is 4.72 Å². The molecule has 1 aromatic carbocycles. The van der Waals surface area contributed by atoms with E-state index in [-0.39, 0.29) is 15.8 Å². The number of rotatable bonds is 4. The third-order valence-corrected chi connectivity index (χ3v) is 5.97. The molecule has 0 bridgehead atoms. The van der Waals surface area contributed by atoms with Gasteiger partial charge >= 0.3 is 6.18 Å². The maximum absolute atomic E-state index is 12.7. The second-order valence-electron chi connectivity index (χ2n) is 4.93. The second-order valence-corrected chi connectivity index (χ2v) is 7.92. The van der Waals surface area contributed by atoms with Crippen LogP contribution in [0.25, 0.3) is 10.8 Å². The van der Waals surface area contributed by atoms with Crippen LogP contribution >= 0.6 is 11.3 Å². The predicted octanol–water partition coefficient (Wildman–Crippen LogP) is 3.93. The molecule has 2 aromatic heterocycles. The molecular formula is C14H10F3N3O3S2. The first-order valence-electron chi connectivity index (χ1n) is 6.75. The lowest BCUT2D eigenvalue weighted by Gasteiger charge is -2.10. The molecule has 0 amide bonds. The number of hydrogen-bond acceptors (Lipinski definition) is 6. The Balaban J connectivity index is 1.87. The van der Waals surface area contributed by atoms with Gasteiger partial charge in [-0.2, -0.15) is 13.2 Å². The fourth-order valence-corrected chi connectivity index (χ4v) is 4.22. The summed E-state index contributed by atoms with van der Waals surface area (Å²) in [5.74, 6) is 0.498. The lowest BCUT2D eigenvalue weighted by molar-refractivity contribution is -0.137. The number of aromatic nitrogens is 2. The zero-order valence-corrected chi connectivity index (χ0v) is 14.2. The van der Waals surface area contributed by atoms with Crippen LogP contribution in [0, 0.1) is 6.92 Å². The van der Waals surface area contributed by atoms with Crippen molar-refractivity contribution in [2.24, 2.45) is 0 Å². The molecule has 0 radical (unpaired) electrons. The number of halogens is 3. The highest BCUT2D eigenvalue weighted by Crippen LogP contribution is 2.33. The molecular weight excluding hydrogens is 379 g/mol. The fraction of sp³-hybridized carbons (Fsp3) is 0.143. The summed E-state index contributed by atoms with van der Waals surface area (Å²) in [6.07, 6.45) is -4.56. The second kappa shape index (κ2) is 6.15. The van der Waals surface area contributed by atoms with E-state index in [1.54, 1.807) is 6.92 Å². The Hall–Kier alpha value is -2.40. The third kappa shape index (κ3) is 3.82. The number of hydrogen-bond donors (Lipinski definition) is 1. The lowest BCUT2D eigenvalue weighted by Crippen LogP contribution is -2.12. The van der Waals surface area contributed by atoms with Crippen molar-refractivity contribution in [3.05, 3.63) is 47.9 Å². The highest BCUT2D eigenvalue weighted by molar-refractivity contribution is 7.94. The van der Waals surface area contributed by atoms with Crippen molar-refractivity contribution in [1.29, 1.82) is 0 Å². The maximum atomic E-state index is 12.7. The molecule has 0 saturated heterocycles. The number of nitrogens with one attached hydrogen (secondary N) is 1. The monoisotopic (exact) mass is 389 g/mol. The molecule has 0 saturated carbocycles. The summed E-state index contributed by atoms with van der Waals surface area (Å²) in [5, 5.41) is 7.44. The van der Waals surface area contributed by atoms with Crippen molar-refractivity contribution in [3.8, 4) is 10.8 Å². The number of alkyl halides is 3. The number of thiophene rings is 1. The summed E-state index contributed by atoms with van der Waals surface area (Å²) < 4.78 is 70.1. The van der Waals surface area contributed by atoms with Crippen molar-refractivity contribution < 1.29 is 26.0 Å². The molecule has 6 nitrogen and oxygen atoms in total. The van der Waals surface area contributed by atoms with Gasteiger partial charge in [0.2, 0.25) is 5.89 Å². The van der Waals surface area contributed by atoms with Crippen molar-refractivity contribution >= 4 is 27.0 Å². The highest BCUT2D eigenvalue weighted by Gasteiger charge is 2.31. The van der Waals surface area contributed by atoms with Gasteiger partial charge in [0.15, 0.2) is 0 Å². The van der Waals surface area contributed by atoms with Crippen molar-refractivity contribution in [3.63, 3.8) is 0 Å². The van der Waals surface area contributed by atoms with E-state index in [1.165, 1.54) is 18.2 Å². The molecule has 0 aliphatic rings. The van der Waals surface area contributed by atoms with E-state index in [2.05, 4.69) is 14.9 Å². The van der Waals surface area contributed by atoms with Gasteiger partial charge in [-0.3, -0.25) is 4.72 Å². The van der Waals surface area contributed by atoms with Crippen molar-refractivity contribution in [2.45, 2.75) is 17.3 Å². The van der Waals surface area contributed by atoms with Crippen LogP contribution in [-0.2, 0) is 16.2 Å². The van der Waals surface area contributed by atoms with Gasteiger partial charge in [0.1, 0.15) is 4.21 Å². The summed E-state index contributed by atoms with van der Waals surface area (Å²) in [6, 6.07) is 6.75. The van der Waals surface area contributed by atoms with Gasteiger partial charge in [-0.05, 0) is 30.3 Å². The summed E-state index contributed by atoms with van der Waals surface area (Å²) >= 11 is 0.866. The van der Waals surface area contributed by atoms with E-state index in [9.17, 15) is 21.6 Å². The zero-order valence-electron chi connectivity index (χ0n) is 12.5. The molecule has 25 heavy (non-hydrogen) atoms. The van der Waals surface area contributed by atoms with E-state index in [4.69, 9.17) is 4.42 Å². The van der Waals surface area contributed by atoms with Gasteiger partial charge in [-0.15, -0.1) is 21.5 Å². The molecule has 132 valence electrons. The minimum atomic E-state index is -4.56. The summed E-state index contributed by atoms with van der Waals surface area (Å²) in [5.41, 5.74) is -1.13. The molecule has 3 aromatic rings. The van der Waals surface area contributed by atoms with Gasteiger partial charge in [0.05, 0.1) is 10.4 Å². The molecule has 3 rings (SSSR count). The van der Waals surface area contributed by atoms with Crippen LogP contribution < -0.4 is 4.72 Å². The Kier molecular flexibility index (Phi) is 4.29. The predicted molar refractivity (Wildman–Crippen MR) is 84.6 cm³/mol. The minimum Gasteiger partial charge on any atom is -0.420 e. The molecule has 0 unspecified atom stereocenters. The first-order valence-corrected chi connectivity index (χ1v) is 9.05. The number of aryl methyl sites for hydroxylation is 1. The molecule has 0 spiro atoms. The summed E-state index contributed by atoms with van der Waals surface area (Å²) in [4.78, 5) is 0.435. The van der Waals surface area contributed by atoms with Crippen LogP contribution in [0.2, 0.25) is 0 Å². The first kappa shape index (κ1) is 17.4. The van der Waals surface area contributed by atoms with Gasteiger partial charge in [-0.1, -0.05) is 6.07 Å². The molecule has 0 atom stereocenters. The van der Waals surface area contributed by atoms with Gasteiger partial charge in [-0.25, -0.2) is 8.42 Å². The maximum Gasteiger partial charge on any atom is 0.416 e. The minimum absolute atomic E-state index is 0.0873. The molecule has 1 N–H and O–H groups in total. The van der Waals surface area contributed by atoms with E-state index in [0.29, 0.717) is 10.8 Å². The first-order chi connectivity index (χ1) is 11.6. The average Bonchev–Trinajstić information content (AvgIpc) is 3.15. The average molecular weight is 389 g/mol. The Morgan fingerprint density at radius 3 is 2.56 bits per heavy atom. The van der Waals surface area contributed by atoms with Gasteiger partial charge in [0.25, 0.3) is 15.9 Å². The van der Waals surface area contributed by atoms with Crippen molar-refractivity contribution in [1.82, 2.24) is 10.2 Å². The smallest absolute Gasteiger partial charge is 0.416 e. The summed E-state index contributed by atoms with van der Waals surface area (Å²) in [7, 11) is -4.04. The Bertz CT molecular complexity index is 1010. The summed E-state index contributed by atoms with van der Waals surface area (Å²) in [6.45, 7) is 1.59. The molecule has 0 aliphatic carbocycles. The van der Waals surface area contributed by atoms with E-state index < -0.39 is 21.8 Å². The van der Waals surface area contributed by atoms with E-state index in [0.717, 1.165) is 29.5 Å². The quantitative estimate of drug-likeness (QED) is 0.731. The van der Waals surface area contributed by atoms with Crippen LogP contribution in [0.3, 0.4) is 0 Å². The largest absolute Gasteiger partial charge is 0.420 e. The van der Waals surface area contributed by atoms with Crippen LogP contribution in [0.5, 0.6) is 0 Å². The molecule has 11 heteroatoms. The standard InChI is InChI=1S/C14H10F3N3O3S2/c1-8-18-19-13(23-8)11-5-6-12(24-11)25(21,22)20-10-4-2-3-9(7-10)14(15,16)17/h2-7,20H,1H3. The van der Waals surface area contributed by atoms with Crippen LogP contribution in [0.15, 0.2) is 45.0 Å². The molecule has 0 aliphatic heterocycles. The number of sulfonamides is 1. The molecule has 2 heterocycles. The SMILES string of the molecule is Cc1nnc(-c2ccc(S(=O)(=O)Nc3cccc(C(F)(F)F)c3)s2)o1. The fourth-order valence-electron chi connectivity index (χ4n) is 1.94. The van der Waals surface area contributed by atoms with E-state index in [1.807, 2.05) is 0 Å².